The predicted molar refractivity (Wildman–Crippen MR) is 91.6 cm³/mol. The molecule has 6 nitrogen and oxygen atoms in total. The van der Waals surface area contributed by atoms with Gasteiger partial charge >= 0.3 is 12.2 Å². The number of amides is 2. The van der Waals surface area contributed by atoms with E-state index in [2.05, 4.69) is 26.2 Å². The van der Waals surface area contributed by atoms with Gasteiger partial charge in [-0.05, 0) is 29.8 Å². The number of aromatic nitrogens is 1. The van der Waals surface area contributed by atoms with Crippen molar-refractivity contribution in [1.29, 1.82) is 0 Å². The maximum Gasteiger partial charge on any atom is 0.437 e. The summed E-state index contributed by atoms with van der Waals surface area (Å²) >= 11 is 3.21. The monoisotopic (exact) mass is 443 g/mol. The minimum Gasteiger partial charge on any atom is -0.363 e. The van der Waals surface area contributed by atoms with E-state index in [1.165, 1.54) is 35.8 Å². The Kier molecular flexibility index (Phi) is 4.96. The van der Waals surface area contributed by atoms with Crippen LogP contribution in [0.5, 0.6) is 0 Å². The highest BCUT2D eigenvalue weighted by atomic mass is 79.9. The summed E-state index contributed by atoms with van der Waals surface area (Å²) in [5.41, 5.74) is -3.64. The van der Waals surface area contributed by atoms with Gasteiger partial charge in [-0.3, -0.25) is 9.78 Å². The Labute approximate surface area is 159 Å². The molecule has 2 amide bonds. The van der Waals surface area contributed by atoms with Gasteiger partial charge in [0.25, 0.3) is 0 Å². The number of urea groups is 1. The van der Waals surface area contributed by atoms with E-state index in [4.69, 9.17) is 0 Å². The van der Waals surface area contributed by atoms with Crippen molar-refractivity contribution >= 4 is 27.7 Å². The molecule has 0 aliphatic carbocycles. The van der Waals surface area contributed by atoms with Crippen LogP contribution in [-0.2, 0) is 0 Å². The second-order valence-electron chi connectivity index (χ2n) is 5.98. The number of carbonyl (C=O) groups excluding carboxylic acids is 2. The molecule has 1 aliphatic heterocycles. The molecule has 10 heteroatoms. The number of ketones is 1. The topological polar surface area (TPSA) is 91.3 Å². The van der Waals surface area contributed by atoms with Gasteiger partial charge in [0.2, 0.25) is 5.72 Å². The van der Waals surface area contributed by atoms with Crippen molar-refractivity contribution in [3.63, 3.8) is 0 Å². The zero-order valence-electron chi connectivity index (χ0n) is 13.5. The van der Waals surface area contributed by atoms with Gasteiger partial charge in [0.15, 0.2) is 5.78 Å². The van der Waals surface area contributed by atoms with Crippen molar-refractivity contribution in [3.8, 4) is 0 Å². The molecule has 1 fully saturated rings. The Hall–Kier alpha value is -2.46. The number of aliphatic hydroxyl groups is 1. The van der Waals surface area contributed by atoms with Crippen LogP contribution in [0.3, 0.4) is 0 Å². The molecule has 0 spiro atoms. The molecule has 3 N–H and O–H groups in total. The van der Waals surface area contributed by atoms with Gasteiger partial charge in [0.1, 0.15) is 5.92 Å². The van der Waals surface area contributed by atoms with Crippen LogP contribution in [0.4, 0.5) is 18.0 Å². The molecule has 3 rings (SSSR count). The number of hydrogen-bond donors (Lipinski definition) is 3. The van der Waals surface area contributed by atoms with Crippen molar-refractivity contribution in [2.75, 3.05) is 0 Å². The Morgan fingerprint density at radius 3 is 2.44 bits per heavy atom. The number of carbonyl (C=O) groups is 2. The number of rotatable bonds is 3. The number of pyridine rings is 1. The van der Waals surface area contributed by atoms with Crippen molar-refractivity contribution in [3.05, 3.63) is 64.4 Å². The highest BCUT2D eigenvalue weighted by molar-refractivity contribution is 9.10. The summed E-state index contributed by atoms with van der Waals surface area (Å²) in [5, 5.41) is 14.2. The SMILES string of the molecule is O=C1N[C@H](c2ccc(Br)cc2)[C@@H](C(=O)c2cccnc2)[C@](O)(C(F)(F)F)N1. The normalized spacial score (nSPS) is 25.4. The van der Waals surface area contributed by atoms with Gasteiger partial charge in [0.05, 0.1) is 6.04 Å². The molecule has 0 saturated carbocycles. The maximum absolute atomic E-state index is 13.7. The van der Waals surface area contributed by atoms with E-state index in [0.29, 0.717) is 4.47 Å². The second kappa shape index (κ2) is 6.93. The summed E-state index contributed by atoms with van der Waals surface area (Å²) in [5.74, 6) is -3.08. The summed E-state index contributed by atoms with van der Waals surface area (Å²) in [4.78, 5) is 28.5. The minimum absolute atomic E-state index is 0.120. The molecule has 1 saturated heterocycles. The number of alkyl halides is 3. The van der Waals surface area contributed by atoms with E-state index in [1.54, 1.807) is 12.1 Å². The molecule has 0 radical (unpaired) electrons. The van der Waals surface area contributed by atoms with Crippen LogP contribution in [0.1, 0.15) is 22.0 Å². The van der Waals surface area contributed by atoms with Gasteiger partial charge in [-0.2, -0.15) is 13.2 Å². The van der Waals surface area contributed by atoms with E-state index in [-0.39, 0.29) is 11.1 Å². The Bertz CT molecular complexity index is 861. The third kappa shape index (κ3) is 3.54. The fourth-order valence-electron chi connectivity index (χ4n) is 2.97. The van der Waals surface area contributed by atoms with Crippen molar-refractivity contribution in [1.82, 2.24) is 15.6 Å². The summed E-state index contributed by atoms with van der Waals surface area (Å²) < 4.78 is 41.8. The molecular weight excluding hydrogens is 431 g/mol. The van der Waals surface area contributed by atoms with Crippen molar-refractivity contribution < 1.29 is 27.9 Å². The minimum atomic E-state index is -5.29. The smallest absolute Gasteiger partial charge is 0.363 e. The first-order valence-corrected chi connectivity index (χ1v) is 8.50. The molecule has 2 aromatic rings. The Balaban J connectivity index is 2.15. The molecule has 1 aromatic carbocycles. The Morgan fingerprint density at radius 2 is 1.89 bits per heavy atom. The second-order valence-corrected chi connectivity index (χ2v) is 6.89. The molecule has 1 aromatic heterocycles. The Morgan fingerprint density at radius 1 is 1.22 bits per heavy atom. The maximum atomic E-state index is 13.7. The lowest BCUT2D eigenvalue weighted by Crippen LogP contribution is -2.72. The van der Waals surface area contributed by atoms with Crippen molar-refractivity contribution in [2.45, 2.75) is 17.9 Å². The highest BCUT2D eigenvalue weighted by Crippen LogP contribution is 2.43. The molecule has 2 heterocycles. The van der Waals surface area contributed by atoms with Gasteiger partial charge < -0.3 is 15.7 Å². The van der Waals surface area contributed by atoms with E-state index in [9.17, 15) is 27.9 Å². The molecule has 3 atom stereocenters. The largest absolute Gasteiger partial charge is 0.437 e. The summed E-state index contributed by atoms with van der Waals surface area (Å²) in [7, 11) is 0. The van der Waals surface area contributed by atoms with Crippen LogP contribution in [0.25, 0.3) is 0 Å². The van der Waals surface area contributed by atoms with Crippen LogP contribution >= 0.6 is 15.9 Å². The fraction of sp³-hybridized carbons (Fsp3) is 0.235. The third-order valence-electron chi connectivity index (χ3n) is 4.26. The number of Topliss-reactive ketones (excluding diaryl/α,β-unsaturated/α-hetero) is 1. The number of nitrogens with one attached hydrogen (secondary N) is 2. The first-order valence-electron chi connectivity index (χ1n) is 7.71. The molecule has 142 valence electrons. The molecule has 0 bridgehead atoms. The zero-order chi connectivity index (χ0) is 19.8. The van der Waals surface area contributed by atoms with Crippen LogP contribution in [0.15, 0.2) is 53.3 Å². The lowest BCUT2D eigenvalue weighted by molar-refractivity contribution is -0.287. The van der Waals surface area contributed by atoms with Gasteiger partial charge in [-0.15, -0.1) is 0 Å². The first kappa shape index (κ1) is 19.3. The first-order chi connectivity index (χ1) is 12.6. The molecule has 0 unspecified atom stereocenters. The van der Waals surface area contributed by atoms with Gasteiger partial charge in [-0.1, -0.05) is 28.1 Å². The predicted octanol–water partition coefficient (Wildman–Crippen LogP) is 2.95. The third-order valence-corrected chi connectivity index (χ3v) is 4.79. The average molecular weight is 444 g/mol. The van der Waals surface area contributed by atoms with Crippen LogP contribution in [-0.4, -0.2) is 33.8 Å². The molecule has 27 heavy (non-hydrogen) atoms. The number of nitrogens with zero attached hydrogens (tertiary/aromatic N) is 1. The molecular formula is C17H13BrF3N3O3. The number of halogens is 4. The van der Waals surface area contributed by atoms with Gasteiger partial charge in [-0.25, -0.2) is 4.79 Å². The quantitative estimate of drug-likeness (QED) is 0.636. The highest BCUT2D eigenvalue weighted by Gasteiger charge is 2.66. The summed E-state index contributed by atoms with van der Waals surface area (Å²) in [6.07, 6.45) is -2.82. The standard InChI is InChI=1S/C17H13BrF3N3O3/c18-11-5-3-9(4-6-11)13-12(14(25)10-2-1-7-22-8-10)16(27,17(19,20)21)24-15(26)23-13/h1-8,12-13,27H,(H2,23,24,26)/t12-,13+,16-/m0/s1. The van der Waals surface area contributed by atoms with Gasteiger partial charge in [0, 0.05) is 22.4 Å². The number of hydrogen-bond acceptors (Lipinski definition) is 4. The molecule has 1 aliphatic rings. The van der Waals surface area contributed by atoms with E-state index in [0.717, 1.165) is 6.20 Å². The van der Waals surface area contributed by atoms with Crippen molar-refractivity contribution in [2.24, 2.45) is 5.92 Å². The fourth-order valence-corrected chi connectivity index (χ4v) is 3.24. The lowest BCUT2D eigenvalue weighted by atomic mass is 9.77. The zero-order valence-corrected chi connectivity index (χ0v) is 15.1. The lowest BCUT2D eigenvalue weighted by Gasteiger charge is -2.45. The van der Waals surface area contributed by atoms with Crippen LogP contribution < -0.4 is 10.6 Å². The average Bonchev–Trinajstić information content (AvgIpc) is 2.61. The summed E-state index contributed by atoms with van der Waals surface area (Å²) in [6.45, 7) is 0. The van der Waals surface area contributed by atoms with E-state index < -0.39 is 35.7 Å². The summed E-state index contributed by atoms with van der Waals surface area (Å²) in [6, 6.07) is 6.07. The van der Waals surface area contributed by atoms with E-state index in [1.807, 2.05) is 0 Å². The van der Waals surface area contributed by atoms with Crippen LogP contribution in [0.2, 0.25) is 0 Å². The van der Waals surface area contributed by atoms with E-state index >= 15 is 0 Å². The van der Waals surface area contributed by atoms with Crippen LogP contribution in [0, 0.1) is 5.92 Å². The number of benzene rings is 1.